The molecule has 0 aromatic carbocycles. The van der Waals surface area contributed by atoms with Crippen LogP contribution in [-0.2, 0) is 10.3 Å². The molecule has 0 saturated carbocycles. The lowest BCUT2D eigenvalue weighted by atomic mass is 9.96. The van der Waals surface area contributed by atoms with Crippen molar-refractivity contribution in [3.63, 3.8) is 0 Å². The summed E-state index contributed by atoms with van der Waals surface area (Å²) in [5, 5.41) is 2.65. The van der Waals surface area contributed by atoms with E-state index >= 15 is 0 Å². The number of hydrogen-bond acceptors (Lipinski definition) is 5. The average molecular weight is 417 g/mol. The van der Waals surface area contributed by atoms with Crippen molar-refractivity contribution in [2.45, 2.75) is 43.4 Å². The van der Waals surface area contributed by atoms with Crippen LogP contribution in [0.25, 0.3) is 0 Å². The maximum absolute atomic E-state index is 14.2. The van der Waals surface area contributed by atoms with Gasteiger partial charge in [0, 0.05) is 12.3 Å². The van der Waals surface area contributed by atoms with E-state index in [9.17, 15) is 9.18 Å². The number of nitrogens with two attached hydrogens (primary N) is 1. The van der Waals surface area contributed by atoms with E-state index in [2.05, 4.69) is 38.1 Å². The quantitative estimate of drug-likeness (QED) is 0.406. The van der Waals surface area contributed by atoms with Crippen molar-refractivity contribution in [1.29, 1.82) is 0 Å². The molecule has 2 atom stereocenters. The molecule has 1 aromatic rings. The Kier molecular flexibility index (Phi) is 6.25. The number of halogens is 2. The Morgan fingerprint density at radius 2 is 2.21 bits per heavy atom. The zero-order valence-corrected chi connectivity index (χ0v) is 16.2. The average Bonchev–Trinajstić information content (AvgIpc) is 2.54. The smallest absolute Gasteiger partial charge is 0.207 e. The van der Waals surface area contributed by atoms with Gasteiger partial charge in [-0.25, -0.2) is 9.37 Å². The molecular weight excluding hydrogens is 395 g/mol. The van der Waals surface area contributed by atoms with E-state index in [1.165, 1.54) is 6.07 Å². The highest BCUT2D eigenvalue weighted by Gasteiger charge is 2.42. The van der Waals surface area contributed by atoms with Crippen LogP contribution in [0.15, 0.2) is 21.7 Å². The molecule has 1 aliphatic heterocycles. The Hall–Kier alpha value is -1.15. The lowest BCUT2D eigenvalue weighted by molar-refractivity contribution is -0.109. The molecule has 0 saturated heterocycles. The van der Waals surface area contributed by atoms with Crippen molar-refractivity contribution in [3.05, 3.63) is 28.2 Å². The van der Waals surface area contributed by atoms with Gasteiger partial charge in [0.2, 0.25) is 6.41 Å². The number of carbonyl (C=O) groups excluding carboxylic acids is 1. The van der Waals surface area contributed by atoms with Gasteiger partial charge in [0.15, 0.2) is 0 Å². The monoisotopic (exact) mass is 416 g/mol. The molecule has 132 valence electrons. The number of pyridine rings is 1. The third kappa shape index (κ3) is 4.27. The van der Waals surface area contributed by atoms with Crippen molar-refractivity contribution >= 4 is 39.9 Å². The SMILES string of the molecule is CC1(CCCCNC=O)SCC(C)(c2nc(Br)ccc2F)N=C1N. The van der Waals surface area contributed by atoms with Gasteiger partial charge >= 0.3 is 0 Å². The van der Waals surface area contributed by atoms with Gasteiger partial charge in [0.25, 0.3) is 0 Å². The summed E-state index contributed by atoms with van der Waals surface area (Å²) in [6.07, 6.45) is 3.39. The molecule has 5 nitrogen and oxygen atoms in total. The van der Waals surface area contributed by atoms with Crippen LogP contribution in [0.4, 0.5) is 4.39 Å². The van der Waals surface area contributed by atoms with Gasteiger partial charge in [-0.3, -0.25) is 9.79 Å². The first-order valence-corrected chi connectivity index (χ1v) is 9.58. The Morgan fingerprint density at radius 3 is 2.88 bits per heavy atom. The number of nitrogens with zero attached hydrogens (tertiary/aromatic N) is 2. The van der Waals surface area contributed by atoms with Crippen molar-refractivity contribution in [2.75, 3.05) is 12.3 Å². The molecule has 0 radical (unpaired) electrons. The molecule has 2 rings (SSSR count). The van der Waals surface area contributed by atoms with E-state index in [1.54, 1.807) is 17.8 Å². The number of nitrogens with one attached hydrogen (secondary N) is 1. The number of carbonyl (C=O) groups is 1. The molecule has 0 bridgehead atoms. The molecule has 8 heteroatoms. The molecule has 2 unspecified atom stereocenters. The van der Waals surface area contributed by atoms with Gasteiger partial charge in [-0.15, -0.1) is 11.8 Å². The van der Waals surface area contributed by atoms with Crippen LogP contribution in [0.2, 0.25) is 0 Å². The Bertz CT molecular complexity index is 645. The largest absolute Gasteiger partial charge is 0.386 e. The Labute approximate surface area is 154 Å². The first-order valence-electron chi connectivity index (χ1n) is 7.80. The third-order valence-electron chi connectivity index (χ3n) is 4.21. The van der Waals surface area contributed by atoms with E-state index < -0.39 is 5.54 Å². The molecular formula is C16H22BrFN4OS. The number of aliphatic imine (C=N–C) groups is 1. The number of rotatable bonds is 7. The second-order valence-electron chi connectivity index (χ2n) is 6.28. The minimum absolute atomic E-state index is 0.275. The summed E-state index contributed by atoms with van der Waals surface area (Å²) >= 11 is 4.97. The highest BCUT2D eigenvalue weighted by atomic mass is 79.9. The molecule has 0 fully saturated rings. The number of hydrogen-bond donors (Lipinski definition) is 2. The van der Waals surface area contributed by atoms with E-state index in [4.69, 9.17) is 5.73 Å². The lowest BCUT2D eigenvalue weighted by Gasteiger charge is -2.39. The normalized spacial score (nSPS) is 26.8. The van der Waals surface area contributed by atoms with Gasteiger partial charge in [0.05, 0.1) is 4.75 Å². The molecule has 1 aliphatic rings. The van der Waals surface area contributed by atoms with Crippen LogP contribution in [0, 0.1) is 5.82 Å². The third-order valence-corrected chi connectivity index (χ3v) is 6.41. The van der Waals surface area contributed by atoms with Crippen LogP contribution in [0.3, 0.4) is 0 Å². The number of amides is 1. The minimum atomic E-state index is -0.777. The predicted octanol–water partition coefficient (Wildman–Crippen LogP) is 2.98. The van der Waals surface area contributed by atoms with Gasteiger partial charge in [-0.2, -0.15) is 0 Å². The van der Waals surface area contributed by atoms with Crippen molar-refractivity contribution < 1.29 is 9.18 Å². The zero-order chi connectivity index (χ0) is 17.8. The lowest BCUT2D eigenvalue weighted by Crippen LogP contribution is -2.47. The van der Waals surface area contributed by atoms with Crippen LogP contribution in [0.5, 0.6) is 0 Å². The summed E-state index contributed by atoms with van der Waals surface area (Å²) in [6.45, 7) is 4.58. The van der Waals surface area contributed by atoms with Crippen LogP contribution in [0.1, 0.15) is 38.8 Å². The molecule has 1 amide bonds. The fourth-order valence-corrected chi connectivity index (χ4v) is 4.25. The first-order chi connectivity index (χ1) is 11.3. The van der Waals surface area contributed by atoms with Crippen molar-refractivity contribution in [1.82, 2.24) is 10.3 Å². The van der Waals surface area contributed by atoms with Gasteiger partial charge in [-0.05, 0) is 61.2 Å². The van der Waals surface area contributed by atoms with E-state index in [0.717, 1.165) is 19.3 Å². The standard InChI is InChI=1S/C16H22BrFN4OS/c1-15(13-11(18)5-6-12(17)21-13)9-24-16(2,14(19)22-15)7-3-4-8-20-10-23/h5-6,10H,3-4,7-9H2,1-2H3,(H2,19,22)(H,20,23). The summed E-state index contributed by atoms with van der Waals surface area (Å²) in [5.74, 6) is 0.754. The summed E-state index contributed by atoms with van der Waals surface area (Å²) in [4.78, 5) is 19.2. The molecule has 0 spiro atoms. The van der Waals surface area contributed by atoms with Gasteiger partial charge in [0.1, 0.15) is 27.5 Å². The Morgan fingerprint density at radius 1 is 1.46 bits per heavy atom. The van der Waals surface area contributed by atoms with E-state index in [0.29, 0.717) is 34.8 Å². The van der Waals surface area contributed by atoms with Gasteiger partial charge in [-0.1, -0.05) is 0 Å². The topological polar surface area (TPSA) is 80.4 Å². The van der Waals surface area contributed by atoms with E-state index in [1.807, 2.05) is 6.92 Å². The number of aromatic nitrogens is 1. The summed E-state index contributed by atoms with van der Waals surface area (Å²) in [6, 6.07) is 2.96. The number of thioether (sulfide) groups is 1. The van der Waals surface area contributed by atoms with Crippen molar-refractivity contribution in [2.24, 2.45) is 10.7 Å². The van der Waals surface area contributed by atoms with Crippen LogP contribution < -0.4 is 11.1 Å². The highest BCUT2D eigenvalue weighted by molar-refractivity contribution is 9.10. The number of amidine groups is 1. The van der Waals surface area contributed by atoms with Gasteiger partial charge < -0.3 is 11.1 Å². The molecule has 2 heterocycles. The maximum atomic E-state index is 14.2. The fraction of sp³-hybridized carbons (Fsp3) is 0.562. The van der Waals surface area contributed by atoms with Crippen molar-refractivity contribution in [3.8, 4) is 0 Å². The zero-order valence-electron chi connectivity index (χ0n) is 13.8. The highest BCUT2D eigenvalue weighted by Crippen LogP contribution is 2.43. The number of unbranched alkanes of at least 4 members (excludes halogenated alkanes) is 1. The van der Waals surface area contributed by atoms with E-state index in [-0.39, 0.29) is 10.6 Å². The minimum Gasteiger partial charge on any atom is -0.386 e. The summed E-state index contributed by atoms with van der Waals surface area (Å²) in [7, 11) is 0. The molecule has 24 heavy (non-hydrogen) atoms. The molecule has 0 aliphatic carbocycles. The predicted molar refractivity (Wildman–Crippen MR) is 99.7 cm³/mol. The molecule has 3 N–H and O–H groups in total. The fourth-order valence-electron chi connectivity index (χ4n) is 2.66. The van der Waals surface area contributed by atoms with Crippen LogP contribution >= 0.6 is 27.7 Å². The second-order valence-corrected chi connectivity index (χ2v) is 8.57. The van der Waals surface area contributed by atoms with Crippen LogP contribution in [-0.4, -0.2) is 34.3 Å². The Balaban J connectivity index is 2.14. The first kappa shape index (κ1) is 19.2. The molecule has 1 aromatic heterocycles. The summed E-state index contributed by atoms with van der Waals surface area (Å²) in [5.41, 5.74) is 5.78. The maximum Gasteiger partial charge on any atom is 0.207 e. The second kappa shape index (κ2) is 7.82. The summed E-state index contributed by atoms with van der Waals surface area (Å²) < 4.78 is 14.5.